The third-order valence-corrected chi connectivity index (χ3v) is 11.9. The predicted octanol–water partition coefficient (Wildman–Crippen LogP) is 12.6. The summed E-state index contributed by atoms with van der Waals surface area (Å²) < 4.78 is 0. The highest BCUT2D eigenvalue weighted by Crippen LogP contribution is 2.41. The van der Waals surface area contributed by atoms with Crippen LogP contribution < -0.4 is 10.6 Å². The first kappa shape index (κ1) is 45.6. The number of aromatic nitrogens is 2. The highest BCUT2D eigenvalue weighted by Gasteiger charge is 2.26. The molecule has 0 radical (unpaired) electrons. The lowest BCUT2D eigenvalue weighted by molar-refractivity contribution is -0.122. The number of nitrogens with zero attached hydrogens (tertiary/aromatic N) is 2. The lowest BCUT2D eigenvalue weighted by Gasteiger charge is -2.23. The first-order valence-corrected chi connectivity index (χ1v) is 22.2. The van der Waals surface area contributed by atoms with Crippen molar-refractivity contribution < 1.29 is 19.8 Å². The van der Waals surface area contributed by atoms with E-state index in [1.165, 1.54) is 11.1 Å². The van der Waals surface area contributed by atoms with Crippen LogP contribution in [0.5, 0.6) is 11.5 Å². The van der Waals surface area contributed by atoms with Crippen LogP contribution in [0.2, 0.25) is 15.1 Å². The molecule has 2 aromatic heterocycles. The fourth-order valence-corrected chi connectivity index (χ4v) is 8.43. The Morgan fingerprint density at radius 1 is 0.531 bits per heavy atom. The van der Waals surface area contributed by atoms with Gasteiger partial charge in [0.05, 0.1) is 22.1 Å². The fraction of sp³-hybridized carbons (Fsp3) is 0.170. The van der Waals surface area contributed by atoms with E-state index in [0.717, 1.165) is 30.4 Å². The molecule has 2 unspecified atom stereocenters. The maximum Gasteiger partial charge on any atom is 0.220 e. The van der Waals surface area contributed by atoms with Crippen molar-refractivity contribution in [3.05, 3.63) is 212 Å². The Balaban J connectivity index is 0.000000191. The second kappa shape index (κ2) is 21.8. The summed E-state index contributed by atoms with van der Waals surface area (Å²) in [5, 5.41) is 30.9. The molecule has 6 aromatic carbocycles. The maximum atomic E-state index is 12.9. The molecule has 324 valence electrons. The summed E-state index contributed by atoms with van der Waals surface area (Å²) in [5.74, 6) is -0.217. The van der Waals surface area contributed by atoms with E-state index in [4.69, 9.17) is 34.8 Å². The standard InChI is InChI=1S/C27H25ClN2O2.C26H22Cl2N2O2/c1-18-12-14-20(15-13-18)25(30-24(31)11-5-9-19-7-3-2-4-8-19)22-17-23(28)21-10-6-16-29-26(21)27(22)32;27-21-13-5-4-11-18(21)24(30-23(31)14-6-10-17-8-2-1-3-9-17)20-16-22(28)19-12-7-15-29-25(19)26(20)32/h2-4,6-8,10,12-17,25,32H,5,9,11H2,1H3,(H,30,31);1-5,7-9,11-13,15-16,24,32H,6,10,14H2,(H,30,31). The molecule has 8 nitrogen and oxygen atoms in total. The normalized spacial score (nSPS) is 11.9. The second-order valence-corrected chi connectivity index (χ2v) is 16.7. The third-order valence-electron chi connectivity index (χ3n) is 11.0. The third kappa shape index (κ3) is 11.4. The first-order chi connectivity index (χ1) is 31.1. The largest absolute Gasteiger partial charge is 0.505 e. The van der Waals surface area contributed by atoms with Crippen LogP contribution in [0, 0.1) is 6.92 Å². The summed E-state index contributed by atoms with van der Waals surface area (Å²) >= 11 is 19.5. The average molecular weight is 910 g/mol. The molecule has 0 saturated heterocycles. The number of hydrogen-bond acceptors (Lipinski definition) is 6. The number of phenolic OH excluding ortho intramolecular Hbond substituents is 2. The molecule has 0 fully saturated rings. The molecular formula is C53H47Cl3N4O4. The van der Waals surface area contributed by atoms with Crippen LogP contribution in [0.3, 0.4) is 0 Å². The van der Waals surface area contributed by atoms with Crippen LogP contribution in [0.25, 0.3) is 21.8 Å². The molecular weight excluding hydrogens is 863 g/mol. The molecule has 0 aliphatic carbocycles. The Hall–Kier alpha value is -6.45. The van der Waals surface area contributed by atoms with E-state index in [9.17, 15) is 19.8 Å². The number of phenols is 2. The summed E-state index contributed by atoms with van der Waals surface area (Å²) in [6.45, 7) is 2.01. The lowest BCUT2D eigenvalue weighted by Crippen LogP contribution is -2.29. The summed E-state index contributed by atoms with van der Waals surface area (Å²) in [4.78, 5) is 34.3. The van der Waals surface area contributed by atoms with Crippen LogP contribution in [0.4, 0.5) is 0 Å². The number of benzene rings is 6. The van der Waals surface area contributed by atoms with Crippen molar-refractivity contribution in [3.63, 3.8) is 0 Å². The molecule has 0 spiro atoms. The molecule has 2 amide bonds. The monoisotopic (exact) mass is 908 g/mol. The van der Waals surface area contributed by atoms with E-state index in [1.54, 1.807) is 48.8 Å². The van der Waals surface area contributed by atoms with Crippen LogP contribution in [-0.4, -0.2) is 32.0 Å². The van der Waals surface area contributed by atoms with E-state index in [1.807, 2.05) is 104 Å². The van der Waals surface area contributed by atoms with Crippen molar-refractivity contribution in [2.24, 2.45) is 0 Å². The van der Waals surface area contributed by atoms with Crippen molar-refractivity contribution >= 4 is 68.4 Å². The molecule has 2 heterocycles. The Morgan fingerprint density at radius 3 is 1.48 bits per heavy atom. The number of fused-ring (bicyclic) bond motifs is 2. The highest BCUT2D eigenvalue weighted by molar-refractivity contribution is 6.36. The average Bonchev–Trinajstić information content (AvgIpc) is 3.31. The SMILES string of the molecule is Cc1ccc(C(NC(=O)CCCc2ccccc2)c2cc(Cl)c3cccnc3c2O)cc1.O=C(CCCc1ccccc1)NC(c1ccccc1Cl)c1cc(Cl)c2cccnc2c1O. The van der Waals surface area contributed by atoms with Crippen LogP contribution in [0.1, 0.15) is 76.7 Å². The minimum atomic E-state index is -0.670. The zero-order valence-electron chi connectivity index (χ0n) is 35.1. The van der Waals surface area contributed by atoms with Gasteiger partial charge in [-0.3, -0.25) is 19.6 Å². The Bertz CT molecular complexity index is 2860. The van der Waals surface area contributed by atoms with Gasteiger partial charge in [0.15, 0.2) is 0 Å². The van der Waals surface area contributed by atoms with Crippen molar-refractivity contribution in [1.29, 1.82) is 0 Å². The smallest absolute Gasteiger partial charge is 0.220 e. The number of carbonyl (C=O) groups excluding carboxylic acids is 2. The molecule has 11 heteroatoms. The Kier molecular flexibility index (Phi) is 15.5. The van der Waals surface area contributed by atoms with Gasteiger partial charge in [-0.15, -0.1) is 0 Å². The summed E-state index contributed by atoms with van der Waals surface area (Å²) in [6.07, 6.45) is 7.02. The lowest BCUT2D eigenvalue weighted by atomic mass is 9.95. The first-order valence-electron chi connectivity index (χ1n) is 21.1. The van der Waals surface area contributed by atoms with Crippen molar-refractivity contribution in [2.75, 3.05) is 0 Å². The van der Waals surface area contributed by atoms with Gasteiger partial charge in [0, 0.05) is 52.2 Å². The van der Waals surface area contributed by atoms with E-state index >= 15 is 0 Å². The van der Waals surface area contributed by atoms with E-state index in [0.29, 0.717) is 72.8 Å². The van der Waals surface area contributed by atoms with Gasteiger partial charge in [0.1, 0.15) is 22.5 Å². The predicted molar refractivity (Wildman–Crippen MR) is 258 cm³/mol. The van der Waals surface area contributed by atoms with Gasteiger partial charge in [0.2, 0.25) is 11.8 Å². The van der Waals surface area contributed by atoms with Crippen LogP contribution >= 0.6 is 34.8 Å². The molecule has 0 bridgehead atoms. The number of rotatable bonds is 14. The minimum Gasteiger partial charge on any atom is -0.505 e. The number of nitrogens with one attached hydrogen (secondary N) is 2. The maximum absolute atomic E-state index is 12.9. The van der Waals surface area contributed by atoms with Gasteiger partial charge < -0.3 is 20.8 Å². The minimum absolute atomic E-state index is 0.0279. The quantitative estimate of drug-likeness (QED) is 0.0861. The molecule has 0 aliphatic rings. The molecule has 0 saturated carbocycles. The molecule has 2 atom stereocenters. The zero-order chi connectivity index (χ0) is 45.0. The van der Waals surface area contributed by atoms with Gasteiger partial charge in [-0.25, -0.2) is 0 Å². The number of aromatic hydroxyl groups is 2. The van der Waals surface area contributed by atoms with Crippen molar-refractivity contribution in [2.45, 2.75) is 57.5 Å². The number of aryl methyl sites for hydroxylation is 3. The molecule has 64 heavy (non-hydrogen) atoms. The van der Waals surface area contributed by atoms with Crippen LogP contribution in [-0.2, 0) is 22.4 Å². The molecule has 8 aromatic rings. The van der Waals surface area contributed by atoms with Gasteiger partial charge >= 0.3 is 0 Å². The number of amides is 2. The summed E-state index contributed by atoms with van der Waals surface area (Å²) in [7, 11) is 0. The van der Waals surface area contributed by atoms with Gasteiger partial charge in [-0.05, 0) is 97.3 Å². The number of carbonyl (C=O) groups is 2. The second-order valence-electron chi connectivity index (χ2n) is 15.5. The number of hydrogen-bond donors (Lipinski definition) is 4. The van der Waals surface area contributed by atoms with Crippen LogP contribution in [0.15, 0.2) is 158 Å². The summed E-state index contributed by atoms with van der Waals surface area (Å²) in [5.41, 5.74) is 6.83. The van der Waals surface area contributed by atoms with E-state index in [-0.39, 0.29) is 23.3 Å². The topological polar surface area (TPSA) is 124 Å². The molecule has 8 rings (SSSR count). The number of halogens is 3. The fourth-order valence-electron chi connectivity index (χ4n) is 7.65. The number of pyridine rings is 2. The van der Waals surface area contributed by atoms with Gasteiger partial charge in [-0.1, -0.05) is 143 Å². The van der Waals surface area contributed by atoms with E-state index < -0.39 is 12.1 Å². The van der Waals surface area contributed by atoms with E-state index in [2.05, 4.69) is 32.7 Å². The van der Waals surface area contributed by atoms with Crippen molar-refractivity contribution in [1.82, 2.24) is 20.6 Å². The zero-order valence-corrected chi connectivity index (χ0v) is 37.4. The van der Waals surface area contributed by atoms with Gasteiger partial charge in [-0.2, -0.15) is 0 Å². The highest BCUT2D eigenvalue weighted by atomic mass is 35.5. The summed E-state index contributed by atoms with van der Waals surface area (Å²) in [6, 6.07) is 44.6. The molecule has 4 N–H and O–H groups in total. The molecule has 0 aliphatic heterocycles. The Labute approximate surface area is 387 Å². The van der Waals surface area contributed by atoms with Gasteiger partial charge in [0.25, 0.3) is 0 Å². The van der Waals surface area contributed by atoms with Crippen molar-refractivity contribution in [3.8, 4) is 11.5 Å². The Morgan fingerprint density at radius 2 is 0.984 bits per heavy atom.